The number of aromatic nitrogens is 2. The Morgan fingerprint density at radius 2 is 1.93 bits per heavy atom. The molecule has 12 nitrogen and oxygen atoms in total. The van der Waals surface area contributed by atoms with Crippen LogP contribution in [-0.2, 0) is 24.8 Å². The highest BCUT2D eigenvalue weighted by atomic mass is 35.5. The largest absolute Gasteiger partial charge is 0.491 e. The molecule has 2 aliphatic rings. The first-order valence-electron chi connectivity index (χ1n) is 12.8. The molecule has 0 saturated carbocycles. The molecule has 3 aromatic rings. The standard InChI is InChI=1S/C25H33N5O7S2.2ClH/c1-26-38(32,33)21-4-2-3-20(11-21)36-17-19(31)14-28-18-13-25(37-16-18)6-9-30(10-7-25)39(34,35)22-12-24-23(29-15-22)5-8-27-24;;/h2-5,8,11-12,15,18-19,26-28,31H,6-7,9-10,13-14,16-17H2,1H3;2*1H/t18-,19+;;/m1../s1. The van der Waals surface area contributed by atoms with Gasteiger partial charge in [-0.15, -0.1) is 24.8 Å². The zero-order valence-corrected chi connectivity index (χ0v) is 25.6. The number of aromatic amines is 1. The van der Waals surface area contributed by atoms with Crippen molar-refractivity contribution in [3.63, 3.8) is 0 Å². The van der Waals surface area contributed by atoms with Gasteiger partial charge in [0.15, 0.2) is 0 Å². The van der Waals surface area contributed by atoms with Crippen molar-refractivity contribution in [2.24, 2.45) is 0 Å². The number of sulfonamides is 2. The summed E-state index contributed by atoms with van der Waals surface area (Å²) in [6.45, 7) is 1.45. The number of hydrogen-bond donors (Lipinski definition) is 4. The van der Waals surface area contributed by atoms with Gasteiger partial charge in [0, 0.05) is 44.1 Å². The van der Waals surface area contributed by atoms with Crippen molar-refractivity contribution in [3.05, 3.63) is 48.8 Å². The Morgan fingerprint density at radius 1 is 1.17 bits per heavy atom. The Morgan fingerprint density at radius 3 is 2.66 bits per heavy atom. The van der Waals surface area contributed by atoms with E-state index >= 15 is 0 Å². The highest BCUT2D eigenvalue weighted by molar-refractivity contribution is 7.89. The molecule has 5 rings (SSSR count). The number of ether oxygens (including phenoxy) is 2. The van der Waals surface area contributed by atoms with E-state index in [0.717, 1.165) is 5.52 Å². The van der Waals surface area contributed by atoms with E-state index in [-0.39, 0.29) is 53.8 Å². The van der Waals surface area contributed by atoms with Crippen molar-refractivity contribution in [1.82, 2.24) is 24.3 Å². The third-order valence-corrected chi connectivity index (χ3v) is 10.6. The number of pyridine rings is 1. The highest BCUT2D eigenvalue weighted by Crippen LogP contribution is 2.37. The van der Waals surface area contributed by atoms with Crippen LogP contribution in [0.5, 0.6) is 5.75 Å². The Kier molecular flexibility index (Phi) is 11.0. The van der Waals surface area contributed by atoms with E-state index in [9.17, 15) is 21.9 Å². The zero-order valence-electron chi connectivity index (χ0n) is 22.4. The fourth-order valence-electron chi connectivity index (χ4n) is 5.07. The first kappa shape index (κ1) is 33.5. The van der Waals surface area contributed by atoms with Crippen LogP contribution in [0, 0.1) is 0 Å². The predicted octanol–water partition coefficient (Wildman–Crippen LogP) is 1.66. The van der Waals surface area contributed by atoms with Crippen LogP contribution in [0.1, 0.15) is 19.3 Å². The van der Waals surface area contributed by atoms with Gasteiger partial charge in [-0.3, -0.25) is 4.98 Å². The predicted molar refractivity (Wildman–Crippen MR) is 158 cm³/mol. The number of rotatable bonds is 10. The number of nitrogens with one attached hydrogen (secondary N) is 3. The molecule has 228 valence electrons. The molecular formula is C25H35Cl2N5O7S2. The second kappa shape index (κ2) is 13.5. The molecule has 0 unspecified atom stereocenters. The van der Waals surface area contributed by atoms with E-state index in [1.165, 1.54) is 29.7 Å². The number of hydrogen-bond acceptors (Lipinski definition) is 9. The lowest BCUT2D eigenvalue weighted by molar-refractivity contribution is -0.0312. The lowest BCUT2D eigenvalue weighted by Gasteiger charge is -2.38. The summed E-state index contributed by atoms with van der Waals surface area (Å²) in [4.78, 5) is 7.50. The summed E-state index contributed by atoms with van der Waals surface area (Å²) in [7, 11) is -5.91. The van der Waals surface area contributed by atoms with E-state index in [4.69, 9.17) is 9.47 Å². The fraction of sp³-hybridized carbons (Fsp3) is 0.480. The van der Waals surface area contributed by atoms with Crippen LogP contribution < -0.4 is 14.8 Å². The summed E-state index contributed by atoms with van der Waals surface area (Å²) < 4.78 is 65.8. The summed E-state index contributed by atoms with van der Waals surface area (Å²) in [5.41, 5.74) is 1.00. The van der Waals surface area contributed by atoms with Crippen LogP contribution in [-0.4, -0.2) is 93.9 Å². The fourth-order valence-corrected chi connectivity index (χ4v) is 7.24. The molecule has 2 aliphatic heterocycles. The molecule has 4 heterocycles. The molecule has 2 atom stereocenters. The number of piperidine rings is 1. The van der Waals surface area contributed by atoms with Crippen molar-refractivity contribution in [1.29, 1.82) is 0 Å². The minimum absolute atomic E-state index is 0. The van der Waals surface area contributed by atoms with Crippen molar-refractivity contribution >= 4 is 55.9 Å². The Balaban J connectivity index is 0.00000231. The first-order chi connectivity index (χ1) is 18.6. The van der Waals surface area contributed by atoms with Crippen molar-refractivity contribution in [2.45, 2.75) is 46.8 Å². The smallest absolute Gasteiger partial charge is 0.244 e. The minimum Gasteiger partial charge on any atom is -0.491 e. The molecule has 0 radical (unpaired) electrons. The third kappa shape index (κ3) is 7.50. The van der Waals surface area contributed by atoms with Crippen LogP contribution in [0.15, 0.2) is 58.6 Å². The number of benzene rings is 1. The molecule has 0 bridgehead atoms. The summed E-state index contributed by atoms with van der Waals surface area (Å²) in [5.74, 6) is 0.346. The molecule has 1 spiro atoms. The third-order valence-electron chi connectivity index (χ3n) is 7.32. The maximum Gasteiger partial charge on any atom is 0.244 e. The van der Waals surface area contributed by atoms with E-state index in [1.807, 2.05) is 0 Å². The normalized spacial score (nSPS) is 19.9. The average Bonchev–Trinajstić information content (AvgIpc) is 3.58. The van der Waals surface area contributed by atoms with Crippen LogP contribution >= 0.6 is 24.8 Å². The minimum atomic E-state index is -3.66. The molecule has 2 saturated heterocycles. The summed E-state index contributed by atoms with van der Waals surface area (Å²) in [5, 5.41) is 13.7. The Labute approximate surface area is 252 Å². The maximum absolute atomic E-state index is 13.2. The highest BCUT2D eigenvalue weighted by Gasteiger charge is 2.44. The van der Waals surface area contributed by atoms with Crippen LogP contribution in [0.4, 0.5) is 0 Å². The van der Waals surface area contributed by atoms with Crippen LogP contribution in [0.3, 0.4) is 0 Å². The van der Waals surface area contributed by atoms with Gasteiger partial charge in [-0.2, -0.15) is 4.31 Å². The zero-order chi connectivity index (χ0) is 27.7. The van der Waals surface area contributed by atoms with E-state index < -0.39 is 31.8 Å². The van der Waals surface area contributed by atoms with Gasteiger partial charge in [-0.25, -0.2) is 21.6 Å². The molecule has 41 heavy (non-hydrogen) atoms. The molecule has 1 aromatic carbocycles. The van der Waals surface area contributed by atoms with Gasteiger partial charge in [0.05, 0.1) is 28.1 Å². The Bertz CT molecular complexity index is 1530. The van der Waals surface area contributed by atoms with Gasteiger partial charge >= 0.3 is 0 Å². The SMILES string of the molecule is CNS(=O)(=O)c1cccc(OC[C@@H](O)CN[C@H]2COC3(CCN(S(=O)(=O)c4cnc5cc[nH]c5c4)CC3)C2)c1.Cl.Cl. The van der Waals surface area contributed by atoms with E-state index in [0.29, 0.717) is 50.2 Å². The van der Waals surface area contributed by atoms with Crippen molar-refractivity contribution in [3.8, 4) is 5.75 Å². The topological polar surface area (TPSA) is 163 Å². The lowest BCUT2D eigenvalue weighted by Crippen LogP contribution is -2.47. The molecule has 2 fully saturated rings. The van der Waals surface area contributed by atoms with Crippen molar-refractivity contribution in [2.75, 3.05) is 39.9 Å². The second-order valence-electron chi connectivity index (χ2n) is 9.94. The molecule has 0 amide bonds. The molecule has 16 heteroatoms. The first-order valence-corrected chi connectivity index (χ1v) is 15.7. The number of halogens is 2. The monoisotopic (exact) mass is 651 g/mol. The quantitative estimate of drug-likeness (QED) is 0.255. The van der Waals surface area contributed by atoms with Crippen molar-refractivity contribution < 1.29 is 31.4 Å². The summed E-state index contributed by atoms with van der Waals surface area (Å²) in [6.07, 6.45) is 4.20. The van der Waals surface area contributed by atoms with Gasteiger partial charge in [0.25, 0.3) is 0 Å². The summed E-state index contributed by atoms with van der Waals surface area (Å²) in [6, 6.07) is 9.51. The molecule has 2 aromatic heterocycles. The van der Waals surface area contributed by atoms with E-state index in [2.05, 4.69) is 20.0 Å². The Hall–Kier alpha value is -2.01. The lowest BCUT2D eigenvalue weighted by atomic mass is 9.88. The van der Waals surface area contributed by atoms with Crippen LogP contribution in [0.2, 0.25) is 0 Å². The van der Waals surface area contributed by atoms with Crippen LogP contribution in [0.25, 0.3) is 11.0 Å². The molecule has 4 N–H and O–H groups in total. The van der Waals surface area contributed by atoms with Gasteiger partial charge in [0.2, 0.25) is 20.0 Å². The second-order valence-corrected chi connectivity index (χ2v) is 13.8. The molecule has 0 aliphatic carbocycles. The number of H-pyrrole nitrogens is 1. The van der Waals surface area contributed by atoms with Gasteiger partial charge in [0.1, 0.15) is 23.4 Å². The summed E-state index contributed by atoms with van der Waals surface area (Å²) >= 11 is 0. The van der Waals surface area contributed by atoms with Gasteiger partial charge < -0.3 is 24.9 Å². The van der Waals surface area contributed by atoms with Gasteiger partial charge in [-0.05, 0) is 50.6 Å². The number of aliphatic hydroxyl groups excluding tert-OH is 1. The average molecular weight is 653 g/mol. The number of fused-ring (bicyclic) bond motifs is 1. The van der Waals surface area contributed by atoms with E-state index in [1.54, 1.807) is 30.5 Å². The molecular weight excluding hydrogens is 617 g/mol. The van der Waals surface area contributed by atoms with Gasteiger partial charge in [-0.1, -0.05) is 6.07 Å². The maximum atomic E-state index is 13.2. The number of nitrogens with zero attached hydrogens (tertiary/aromatic N) is 2. The number of aliphatic hydroxyl groups is 1.